The molecule has 0 radical (unpaired) electrons. The van der Waals surface area contributed by atoms with Crippen molar-refractivity contribution < 1.29 is 29.2 Å². The number of likely N-dealkylation sites (tertiary alicyclic amines) is 1. The normalized spacial score (nSPS) is 20.3. The number of fused-ring (bicyclic) bond motifs is 1. The van der Waals surface area contributed by atoms with Gasteiger partial charge in [-0.05, 0) is 12.5 Å². The number of hydrogen-bond acceptors (Lipinski definition) is 7. The second-order valence-corrected chi connectivity index (χ2v) is 5.63. The lowest BCUT2D eigenvalue weighted by atomic mass is 10.0. The zero-order valence-electron chi connectivity index (χ0n) is 12.9. The number of piperidine rings is 1. The van der Waals surface area contributed by atoms with Gasteiger partial charge in [0, 0.05) is 18.6 Å². The molecule has 2 aliphatic heterocycles. The van der Waals surface area contributed by atoms with E-state index in [0.29, 0.717) is 0 Å². The van der Waals surface area contributed by atoms with E-state index in [1.165, 1.54) is 6.07 Å². The highest BCUT2D eigenvalue weighted by molar-refractivity contribution is 6.23. The van der Waals surface area contributed by atoms with Crippen LogP contribution in [0.15, 0.2) is 18.2 Å². The number of hydrogen-bond donors (Lipinski definition) is 1. The maximum atomic E-state index is 12.6. The van der Waals surface area contributed by atoms with Crippen molar-refractivity contribution in [2.24, 2.45) is 0 Å². The van der Waals surface area contributed by atoms with Crippen LogP contribution >= 0.6 is 0 Å². The molecule has 25 heavy (non-hydrogen) atoms. The van der Waals surface area contributed by atoms with Crippen LogP contribution in [0.25, 0.3) is 0 Å². The van der Waals surface area contributed by atoms with Gasteiger partial charge in [0.2, 0.25) is 5.91 Å². The Labute approximate surface area is 140 Å². The van der Waals surface area contributed by atoms with E-state index in [1.807, 2.05) is 0 Å². The van der Waals surface area contributed by atoms with Crippen LogP contribution in [0.2, 0.25) is 0 Å². The Kier molecular flexibility index (Phi) is 4.05. The molecule has 10 nitrogen and oxygen atoms in total. The molecule has 1 unspecified atom stereocenters. The predicted molar refractivity (Wildman–Crippen MR) is 80.4 cm³/mol. The molecule has 0 saturated carbocycles. The molecular weight excluding hydrogens is 334 g/mol. The molecule has 2 aliphatic rings. The van der Waals surface area contributed by atoms with Crippen LogP contribution in [0.4, 0.5) is 5.69 Å². The molecule has 4 amide bonds. The fraction of sp³-hybridized carbons (Fsp3) is 0.333. The largest absolute Gasteiger partial charge is 0.395 e. The number of carbonyl (C=O) groups excluding carboxylic acids is 4. The van der Waals surface area contributed by atoms with Gasteiger partial charge < -0.3 is 5.11 Å². The highest BCUT2D eigenvalue weighted by Crippen LogP contribution is 2.31. The van der Waals surface area contributed by atoms with Crippen LogP contribution in [-0.4, -0.2) is 62.7 Å². The number of non-ortho nitro benzene ring substituents is 1. The fourth-order valence-corrected chi connectivity index (χ4v) is 3.04. The molecule has 0 aromatic heterocycles. The summed E-state index contributed by atoms with van der Waals surface area (Å²) in [4.78, 5) is 61.0. The Balaban J connectivity index is 1.95. The third-order valence-corrected chi connectivity index (χ3v) is 4.23. The van der Waals surface area contributed by atoms with E-state index in [1.54, 1.807) is 0 Å². The summed E-state index contributed by atoms with van der Waals surface area (Å²) >= 11 is 0. The van der Waals surface area contributed by atoms with E-state index in [4.69, 9.17) is 5.11 Å². The van der Waals surface area contributed by atoms with Crippen molar-refractivity contribution >= 4 is 29.3 Å². The molecule has 130 valence electrons. The number of nitrogens with zero attached hydrogens (tertiary/aromatic N) is 3. The minimum absolute atomic E-state index is 0.0194. The summed E-state index contributed by atoms with van der Waals surface area (Å²) < 4.78 is 0. The van der Waals surface area contributed by atoms with Crippen LogP contribution in [0.5, 0.6) is 0 Å². The summed E-state index contributed by atoms with van der Waals surface area (Å²) in [5.41, 5.74) is -0.500. The third kappa shape index (κ3) is 2.56. The zero-order chi connectivity index (χ0) is 18.3. The molecule has 10 heteroatoms. The molecule has 1 fully saturated rings. The van der Waals surface area contributed by atoms with E-state index in [0.717, 1.165) is 21.9 Å². The summed E-state index contributed by atoms with van der Waals surface area (Å²) in [7, 11) is 0. The second kappa shape index (κ2) is 6.06. The molecule has 0 spiro atoms. The molecule has 1 aromatic rings. The molecule has 1 N–H and O–H groups in total. The number of rotatable bonds is 4. The quantitative estimate of drug-likeness (QED) is 0.448. The molecule has 0 bridgehead atoms. The molecule has 1 aromatic carbocycles. The van der Waals surface area contributed by atoms with Gasteiger partial charge in [-0.25, -0.2) is 0 Å². The summed E-state index contributed by atoms with van der Waals surface area (Å²) in [5.74, 6) is -2.76. The smallest absolute Gasteiger partial charge is 0.270 e. The van der Waals surface area contributed by atoms with Crippen LogP contribution in [0, 0.1) is 10.1 Å². The lowest BCUT2D eigenvalue weighted by Crippen LogP contribution is -2.56. The average Bonchev–Trinajstić information content (AvgIpc) is 2.83. The van der Waals surface area contributed by atoms with Gasteiger partial charge in [0.1, 0.15) is 6.04 Å². The Morgan fingerprint density at radius 3 is 2.48 bits per heavy atom. The Morgan fingerprint density at radius 1 is 1.16 bits per heavy atom. The minimum Gasteiger partial charge on any atom is -0.395 e. The number of aliphatic hydroxyl groups is 1. The third-order valence-electron chi connectivity index (χ3n) is 4.23. The predicted octanol–water partition coefficient (Wildman–Crippen LogP) is -0.299. The summed E-state index contributed by atoms with van der Waals surface area (Å²) in [6, 6.07) is 2.12. The van der Waals surface area contributed by atoms with Gasteiger partial charge in [-0.15, -0.1) is 0 Å². The first-order valence-electron chi connectivity index (χ1n) is 7.48. The van der Waals surface area contributed by atoms with Crippen LogP contribution in [0.1, 0.15) is 33.6 Å². The summed E-state index contributed by atoms with van der Waals surface area (Å²) in [6.07, 6.45) is -0.0723. The number of imide groups is 2. The van der Waals surface area contributed by atoms with Crippen molar-refractivity contribution in [2.45, 2.75) is 18.9 Å². The van der Waals surface area contributed by atoms with E-state index in [2.05, 4.69) is 0 Å². The van der Waals surface area contributed by atoms with E-state index >= 15 is 0 Å². The molecule has 2 heterocycles. The van der Waals surface area contributed by atoms with Gasteiger partial charge in [0.15, 0.2) is 0 Å². The van der Waals surface area contributed by atoms with Crippen molar-refractivity contribution in [3.8, 4) is 0 Å². The number of nitro groups is 1. The van der Waals surface area contributed by atoms with Gasteiger partial charge in [-0.2, -0.15) is 0 Å². The van der Waals surface area contributed by atoms with Crippen molar-refractivity contribution in [2.75, 3.05) is 13.2 Å². The van der Waals surface area contributed by atoms with Crippen molar-refractivity contribution in [1.82, 2.24) is 9.80 Å². The zero-order valence-corrected chi connectivity index (χ0v) is 12.9. The number of amides is 4. The number of nitro benzene ring substituents is 1. The first kappa shape index (κ1) is 16.7. The van der Waals surface area contributed by atoms with Gasteiger partial charge in [-0.3, -0.25) is 39.1 Å². The maximum absolute atomic E-state index is 12.6. The second-order valence-electron chi connectivity index (χ2n) is 5.63. The van der Waals surface area contributed by atoms with E-state index in [9.17, 15) is 29.3 Å². The highest BCUT2D eigenvalue weighted by Gasteiger charge is 2.47. The average molecular weight is 347 g/mol. The van der Waals surface area contributed by atoms with Crippen LogP contribution in [0.3, 0.4) is 0 Å². The SMILES string of the molecule is O=C1CCC(N2C(=O)c3ccc([N+](=O)[O-])cc3C2=O)C(=O)N1CCO. The number of benzene rings is 1. The number of β-amino-alcohol motifs (C(OH)–C–C–N with tert-alkyl or cyclic N) is 1. The lowest BCUT2D eigenvalue weighted by Gasteiger charge is -2.34. The summed E-state index contributed by atoms with van der Waals surface area (Å²) in [6.45, 7) is -0.651. The van der Waals surface area contributed by atoms with Gasteiger partial charge in [-0.1, -0.05) is 0 Å². The molecule has 1 saturated heterocycles. The van der Waals surface area contributed by atoms with Gasteiger partial charge >= 0.3 is 0 Å². The molecule has 1 atom stereocenters. The van der Waals surface area contributed by atoms with Crippen molar-refractivity contribution in [3.63, 3.8) is 0 Å². The Hall–Kier alpha value is -3.14. The van der Waals surface area contributed by atoms with E-state index in [-0.39, 0.29) is 36.2 Å². The fourth-order valence-electron chi connectivity index (χ4n) is 3.04. The van der Waals surface area contributed by atoms with Gasteiger partial charge in [0.05, 0.1) is 29.2 Å². The topological polar surface area (TPSA) is 138 Å². The monoisotopic (exact) mass is 347 g/mol. The Morgan fingerprint density at radius 2 is 1.84 bits per heavy atom. The molecule has 3 rings (SSSR count). The lowest BCUT2D eigenvalue weighted by molar-refractivity contribution is -0.384. The van der Waals surface area contributed by atoms with Crippen molar-refractivity contribution in [3.05, 3.63) is 39.4 Å². The first-order chi connectivity index (χ1) is 11.9. The van der Waals surface area contributed by atoms with Crippen molar-refractivity contribution in [1.29, 1.82) is 0 Å². The molecule has 0 aliphatic carbocycles. The van der Waals surface area contributed by atoms with Crippen LogP contribution < -0.4 is 0 Å². The Bertz CT molecular complexity index is 819. The summed E-state index contributed by atoms with van der Waals surface area (Å²) in [5, 5.41) is 19.8. The van der Waals surface area contributed by atoms with Crippen LogP contribution in [-0.2, 0) is 9.59 Å². The number of carbonyl (C=O) groups is 4. The van der Waals surface area contributed by atoms with E-state index < -0.39 is 41.2 Å². The standard InChI is InChI=1S/C15H13N3O7/c19-6-5-16-12(20)4-3-11(15(16)23)17-13(21)9-2-1-8(18(24)25)7-10(9)14(17)22/h1-2,7,11,19H,3-6H2. The highest BCUT2D eigenvalue weighted by atomic mass is 16.6. The maximum Gasteiger partial charge on any atom is 0.270 e. The van der Waals surface area contributed by atoms with Gasteiger partial charge in [0.25, 0.3) is 23.4 Å². The first-order valence-corrected chi connectivity index (χ1v) is 7.48. The number of aliphatic hydroxyl groups excluding tert-OH is 1. The minimum atomic E-state index is -1.17. The molecular formula is C15H13N3O7.